The Kier molecular flexibility index (Phi) is 7.18. The summed E-state index contributed by atoms with van der Waals surface area (Å²) in [6.45, 7) is 4.76. The van der Waals surface area contributed by atoms with Crippen molar-refractivity contribution in [3.63, 3.8) is 0 Å². The van der Waals surface area contributed by atoms with Crippen LogP contribution in [0.15, 0.2) is 0 Å². The van der Waals surface area contributed by atoms with Gasteiger partial charge in [-0.15, -0.1) is 0 Å². The van der Waals surface area contributed by atoms with Crippen molar-refractivity contribution in [1.29, 1.82) is 0 Å². The molecular weight excluding hydrogens is 354 g/mol. The average molecular weight is 383 g/mol. The van der Waals surface area contributed by atoms with Crippen LogP contribution in [-0.2, 0) is 19.2 Å². The molecule has 2 amide bonds. The van der Waals surface area contributed by atoms with Gasteiger partial charge < -0.3 is 20.4 Å². The van der Waals surface area contributed by atoms with Gasteiger partial charge in [-0.3, -0.25) is 19.3 Å². The summed E-state index contributed by atoms with van der Waals surface area (Å²) in [6, 6.07) is -1.25. The summed E-state index contributed by atoms with van der Waals surface area (Å²) in [5, 5.41) is 20.4. The first-order valence-corrected chi connectivity index (χ1v) is 9.47. The van der Waals surface area contributed by atoms with E-state index in [1.165, 1.54) is 0 Å². The number of piperidine rings is 1. The van der Waals surface area contributed by atoms with E-state index in [4.69, 9.17) is 5.11 Å². The lowest BCUT2D eigenvalue weighted by atomic mass is 9.80. The number of carboxylic acid groups (broad SMARTS) is 2. The molecule has 9 heteroatoms. The molecule has 152 valence electrons. The number of likely N-dealkylation sites (tertiary alicyclic amines) is 2. The lowest BCUT2D eigenvalue weighted by Crippen LogP contribution is -2.55. The van der Waals surface area contributed by atoms with Gasteiger partial charge in [-0.05, 0) is 52.1 Å². The van der Waals surface area contributed by atoms with E-state index in [0.717, 1.165) is 25.9 Å². The van der Waals surface area contributed by atoms with E-state index in [-0.39, 0.29) is 25.3 Å². The molecule has 0 saturated carbocycles. The van der Waals surface area contributed by atoms with Crippen LogP contribution in [0.5, 0.6) is 0 Å². The van der Waals surface area contributed by atoms with Gasteiger partial charge in [0.05, 0.1) is 12.0 Å². The smallest absolute Gasteiger partial charge is 0.326 e. The summed E-state index contributed by atoms with van der Waals surface area (Å²) in [5.41, 5.74) is -0.879. The molecule has 0 bridgehead atoms. The van der Waals surface area contributed by atoms with Gasteiger partial charge in [-0.1, -0.05) is 0 Å². The third-order valence-electron chi connectivity index (χ3n) is 5.41. The van der Waals surface area contributed by atoms with E-state index >= 15 is 0 Å². The van der Waals surface area contributed by atoms with Gasteiger partial charge in [0.25, 0.3) is 0 Å². The number of rotatable bonds is 8. The highest BCUT2D eigenvalue weighted by Gasteiger charge is 2.41. The largest absolute Gasteiger partial charge is 0.481 e. The number of nitrogens with one attached hydrogen (secondary N) is 1. The van der Waals surface area contributed by atoms with Crippen LogP contribution in [0, 0.1) is 5.41 Å². The van der Waals surface area contributed by atoms with Crippen molar-refractivity contribution in [1.82, 2.24) is 15.1 Å². The Bertz CT molecular complexity index is 590. The molecule has 0 aromatic carbocycles. The van der Waals surface area contributed by atoms with Crippen LogP contribution >= 0.6 is 0 Å². The van der Waals surface area contributed by atoms with Crippen LogP contribution in [0.2, 0.25) is 0 Å². The zero-order valence-electron chi connectivity index (χ0n) is 15.8. The lowest BCUT2D eigenvalue weighted by molar-refractivity contribution is -0.147. The molecule has 0 aromatic rings. The first-order chi connectivity index (χ1) is 12.7. The van der Waals surface area contributed by atoms with Gasteiger partial charge in [-0.2, -0.15) is 0 Å². The molecule has 0 aromatic heterocycles. The van der Waals surface area contributed by atoms with Crippen LogP contribution in [0.25, 0.3) is 0 Å². The topological polar surface area (TPSA) is 127 Å². The van der Waals surface area contributed by atoms with Crippen LogP contribution in [0.1, 0.15) is 45.4 Å². The molecule has 2 fully saturated rings. The number of hydrogen-bond donors (Lipinski definition) is 3. The molecular formula is C18H29N3O6. The molecule has 2 heterocycles. The minimum atomic E-state index is -1.26. The summed E-state index contributed by atoms with van der Waals surface area (Å²) in [7, 11) is 0. The van der Waals surface area contributed by atoms with Crippen molar-refractivity contribution >= 4 is 23.8 Å². The molecule has 3 N–H and O–H groups in total. The minimum Gasteiger partial charge on any atom is -0.481 e. The van der Waals surface area contributed by atoms with E-state index in [2.05, 4.69) is 10.2 Å². The average Bonchev–Trinajstić information content (AvgIpc) is 3.10. The van der Waals surface area contributed by atoms with Gasteiger partial charge in [0.1, 0.15) is 6.04 Å². The number of carboxylic acids is 2. The van der Waals surface area contributed by atoms with Crippen LogP contribution in [0.4, 0.5) is 0 Å². The number of nitrogens with zero attached hydrogens (tertiary/aromatic N) is 2. The van der Waals surface area contributed by atoms with E-state index in [1.807, 2.05) is 0 Å². The van der Waals surface area contributed by atoms with Gasteiger partial charge in [-0.25, -0.2) is 4.79 Å². The second-order valence-electron chi connectivity index (χ2n) is 7.76. The maximum absolute atomic E-state index is 12.7. The quantitative estimate of drug-likeness (QED) is 0.544. The predicted molar refractivity (Wildman–Crippen MR) is 96.0 cm³/mol. The van der Waals surface area contributed by atoms with Crippen LogP contribution in [0.3, 0.4) is 0 Å². The number of amides is 2. The fraction of sp³-hybridized carbons (Fsp3) is 0.778. The molecule has 2 aliphatic heterocycles. The number of carbonyl (C=O) groups is 4. The summed E-state index contributed by atoms with van der Waals surface area (Å²) in [6.07, 6.45) is 2.90. The number of aliphatic carboxylic acids is 2. The molecule has 0 spiro atoms. The Morgan fingerprint density at radius 3 is 2.33 bits per heavy atom. The first kappa shape index (κ1) is 21.1. The fourth-order valence-electron chi connectivity index (χ4n) is 3.73. The Morgan fingerprint density at radius 1 is 1.07 bits per heavy atom. The first-order valence-electron chi connectivity index (χ1n) is 9.47. The molecule has 2 aliphatic rings. The fourth-order valence-corrected chi connectivity index (χ4v) is 3.73. The van der Waals surface area contributed by atoms with Crippen LogP contribution < -0.4 is 5.32 Å². The highest BCUT2D eigenvalue weighted by molar-refractivity contribution is 5.88. The predicted octanol–water partition coefficient (Wildman–Crippen LogP) is 0.145. The molecule has 0 aliphatic carbocycles. The molecule has 27 heavy (non-hydrogen) atoms. The van der Waals surface area contributed by atoms with Crippen molar-refractivity contribution in [2.75, 3.05) is 32.7 Å². The highest BCUT2D eigenvalue weighted by Crippen LogP contribution is 2.30. The Morgan fingerprint density at radius 2 is 1.74 bits per heavy atom. The molecule has 0 radical (unpaired) electrons. The molecule has 2 atom stereocenters. The summed E-state index contributed by atoms with van der Waals surface area (Å²) < 4.78 is 0. The Hall–Kier alpha value is -2.16. The van der Waals surface area contributed by atoms with Gasteiger partial charge in [0.15, 0.2) is 0 Å². The number of carbonyl (C=O) groups excluding carboxylic acids is 2. The van der Waals surface area contributed by atoms with Crippen LogP contribution in [-0.4, -0.2) is 82.5 Å². The zero-order chi connectivity index (χ0) is 20.0. The Labute approximate surface area is 158 Å². The van der Waals surface area contributed by atoms with Crippen molar-refractivity contribution in [2.24, 2.45) is 5.41 Å². The minimum absolute atomic E-state index is 0.00344. The SMILES string of the molecule is C[C@@]1(C(=O)N[C@@H](CCC(=O)O)C(=O)O)CCCN(C(=O)CN2CCCC2)C1. The zero-order valence-corrected chi connectivity index (χ0v) is 15.8. The Balaban J connectivity index is 1.95. The molecule has 2 rings (SSSR count). The van der Waals surface area contributed by atoms with Crippen molar-refractivity contribution < 1.29 is 29.4 Å². The van der Waals surface area contributed by atoms with Gasteiger partial charge in [0.2, 0.25) is 11.8 Å². The van der Waals surface area contributed by atoms with E-state index in [0.29, 0.717) is 25.9 Å². The van der Waals surface area contributed by atoms with Gasteiger partial charge in [0, 0.05) is 19.5 Å². The second-order valence-corrected chi connectivity index (χ2v) is 7.76. The van der Waals surface area contributed by atoms with Gasteiger partial charge >= 0.3 is 11.9 Å². The summed E-state index contributed by atoms with van der Waals surface area (Å²) >= 11 is 0. The number of hydrogen-bond acceptors (Lipinski definition) is 5. The van der Waals surface area contributed by atoms with E-state index in [1.54, 1.807) is 11.8 Å². The standard InChI is InChI=1S/C18H29N3O6/c1-18(17(27)19-13(16(25)26)5-6-15(23)24)7-4-10-21(12-18)14(22)11-20-8-2-3-9-20/h13H,2-12H2,1H3,(H,19,27)(H,23,24)(H,25,26)/t13-,18+/m0/s1. The normalized spacial score (nSPS) is 24.4. The van der Waals surface area contributed by atoms with E-state index in [9.17, 15) is 24.3 Å². The van der Waals surface area contributed by atoms with Crippen molar-refractivity contribution in [3.05, 3.63) is 0 Å². The maximum Gasteiger partial charge on any atom is 0.326 e. The molecule has 9 nitrogen and oxygen atoms in total. The summed E-state index contributed by atoms with van der Waals surface area (Å²) in [4.78, 5) is 51.1. The highest BCUT2D eigenvalue weighted by atomic mass is 16.4. The molecule has 2 saturated heterocycles. The maximum atomic E-state index is 12.7. The summed E-state index contributed by atoms with van der Waals surface area (Å²) in [5.74, 6) is -2.82. The monoisotopic (exact) mass is 383 g/mol. The molecule has 0 unspecified atom stereocenters. The third-order valence-corrected chi connectivity index (χ3v) is 5.41. The van der Waals surface area contributed by atoms with Crippen molar-refractivity contribution in [2.45, 2.75) is 51.5 Å². The van der Waals surface area contributed by atoms with Crippen molar-refractivity contribution in [3.8, 4) is 0 Å². The van der Waals surface area contributed by atoms with E-state index < -0.39 is 29.3 Å². The third kappa shape index (κ3) is 5.92. The lowest BCUT2D eigenvalue weighted by Gasteiger charge is -2.40. The second kappa shape index (κ2) is 9.16.